The molecule has 2 fully saturated rings. The second-order valence-corrected chi connectivity index (χ2v) is 7.27. The summed E-state index contributed by atoms with van der Waals surface area (Å²) in [5, 5.41) is 3.03. The largest absolute Gasteiger partial charge is 0.473 e. The highest BCUT2D eigenvalue weighted by Gasteiger charge is 2.23. The number of carbonyl (C=O) groups is 1. The van der Waals surface area contributed by atoms with Gasteiger partial charge in [0.15, 0.2) is 0 Å². The van der Waals surface area contributed by atoms with Crippen molar-refractivity contribution in [3.05, 3.63) is 23.9 Å². The van der Waals surface area contributed by atoms with E-state index in [1.165, 1.54) is 12.8 Å². The Kier molecular flexibility index (Phi) is 5.78. The Bertz CT molecular complexity index is 517. The van der Waals surface area contributed by atoms with Gasteiger partial charge in [-0.2, -0.15) is 11.8 Å². The number of thioether (sulfide) groups is 1. The first-order chi connectivity index (χ1) is 11.3. The molecule has 1 amide bonds. The summed E-state index contributed by atoms with van der Waals surface area (Å²) in [7, 11) is 0. The van der Waals surface area contributed by atoms with Crippen molar-refractivity contribution in [2.45, 2.75) is 38.3 Å². The fourth-order valence-corrected chi connectivity index (χ4v) is 4.31. The zero-order valence-corrected chi connectivity index (χ0v) is 14.5. The fourth-order valence-electron chi connectivity index (χ4n) is 3.22. The van der Waals surface area contributed by atoms with Crippen LogP contribution in [0.3, 0.4) is 0 Å². The Morgan fingerprint density at radius 2 is 2.39 bits per heavy atom. The number of rotatable bonds is 6. The van der Waals surface area contributed by atoms with Crippen LogP contribution in [0.4, 0.5) is 0 Å². The zero-order valence-electron chi connectivity index (χ0n) is 13.7. The third-order valence-corrected chi connectivity index (χ3v) is 5.71. The molecular formula is C17H25N3O2S. The predicted molar refractivity (Wildman–Crippen MR) is 93.2 cm³/mol. The van der Waals surface area contributed by atoms with Crippen LogP contribution in [0.25, 0.3) is 0 Å². The molecule has 0 aliphatic carbocycles. The van der Waals surface area contributed by atoms with E-state index in [1.807, 2.05) is 11.8 Å². The minimum Gasteiger partial charge on any atom is -0.473 e. The number of carbonyl (C=O) groups excluding carboxylic acids is 1. The number of aromatic nitrogens is 1. The first-order valence-corrected chi connectivity index (χ1v) is 9.64. The van der Waals surface area contributed by atoms with Gasteiger partial charge in [-0.25, -0.2) is 4.98 Å². The van der Waals surface area contributed by atoms with E-state index in [4.69, 9.17) is 4.74 Å². The Morgan fingerprint density at radius 3 is 3.09 bits per heavy atom. The second-order valence-electron chi connectivity index (χ2n) is 6.12. The molecule has 2 aliphatic heterocycles. The predicted octanol–water partition coefficient (Wildman–Crippen LogP) is 2.18. The standard InChI is InChI=1S/C17H25N3O2S/c1-2-20-8-3-4-14(20)11-19-17(21)13-5-6-16(18-10-13)22-15-7-9-23-12-15/h5-6,10,14-15H,2-4,7-9,11-12H2,1H3,(H,19,21). The number of likely N-dealkylation sites (tertiary alicyclic amines) is 1. The molecule has 6 heteroatoms. The van der Waals surface area contributed by atoms with Crippen molar-refractivity contribution in [1.82, 2.24) is 15.2 Å². The zero-order chi connectivity index (χ0) is 16.1. The van der Waals surface area contributed by atoms with E-state index in [0.29, 0.717) is 24.0 Å². The molecule has 126 valence electrons. The molecule has 2 saturated heterocycles. The highest BCUT2D eigenvalue weighted by Crippen LogP contribution is 2.22. The molecule has 0 bridgehead atoms. The molecule has 0 radical (unpaired) electrons. The van der Waals surface area contributed by atoms with Gasteiger partial charge >= 0.3 is 0 Å². The maximum atomic E-state index is 12.2. The number of ether oxygens (including phenoxy) is 1. The summed E-state index contributed by atoms with van der Waals surface area (Å²) < 4.78 is 5.81. The molecule has 0 aromatic carbocycles. The summed E-state index contributed by atoms with van der Waals surface area (Å²) in [6, 6.07) is 4.07. The summed E-state index contributed by atoms with van der Waals surface area (Å²) in [6.07, 6.45) is 5.33. The van der Waals surface area contributed by atoms with Gasteiger partial charge in [-0.3, -0.25) is 9.69 Å². The van der Waals surface area contributed by atoms with Crippen LogP contribution in [0.5, 0.6) is 5.88 Å². The molecule has 0 saturated carbocycles. The van der Waals surface area contributed by atoms with Crippen LogP contribution in [-0.2, 0) is 0 Å². The molecule has 5 nitrogen and oxygen atoms in total. The molecule has 1 aromatic rings. The highest BCUT2D eigenvalue weighted by atomic mass is 32.2. The Morgan fingerprint density at radius 1 is 1.48 bits per heavy atom. The molecule has 23 heavy (non-hydrogen) atoms. The quantitative estimate of drug-likeness (QED) is 0.863. The minimum atomic E-state index is -0.0524. The summed E-state index contributed by atoms with van der Waals surface area (Å²) in [5.41, 5.74) is 0.596. The fraction of sp³-hybridized carbons (Fsp3) is 0.647. The number of amides is 1. The molecule has 2 atom stereocenters. The topological polar surface area (TPSA) is 54.5 Å². The van der Waals surface area contributed by atoms with E-state index in [0.717, 1.165) is 31.0 Å². The normalized spacial score (nSPS) is 24.7. The molecule has 2 aliphatic rings. The molecule has 3 heterocycles. The van der Waals surface area contributed by atoms with Crippen LogP contribution < -0.4 is 10.1 Å². The lowest BCUT2D eigenvalue weighted by Gasteiger charge is -2.22. The Balaban J connectivity index is 1.49. The van der Waals surface area contributed by atoms with Gasteiger partial charge in [0, 0.05) is 30.6 Å². The van der Waals surface area contributed by atoms with Crippen molar-refractivity contribution in [3.8, 4) is 5.88 Å². The number of hydrogen-bond acceptors (Lipinski definition) is 5. The molecule has 2 unspecified atom stereocenters. The smallest absolute Gasteiger partial charge is 0.252 e. The highest BCUT2D eigenvalue weighted by molar-refractivity contribution is 7.99. The van der Waals surface area contributed by atoms with E-state index >= 15 is 0 Å². The number of pyridine rings is 1. The van der Waals surface area contributed by atoms with Gasteiger partial charge in [0.1, 0.15) is 6.10 Å². The van der Waals surface area contributed by atoms with E-state index in [-0.39, 0.29) is 12.0 Å². The van der Waals surface area contributed by atoms with Gasteiger partial charge in [0.05, 0.1) is 5.56 Å². The summed E-state index contributed by atoms with van der Waals surface area (Å²) in [5.74, 6) is 2.74. The summed E-state index contributed by atoms with van der Waals surface area (Å²) in [4.78, 5) is 18.9. The third-order valence-electron chi connectivity index (χ3n) is 4.58. The average Bonchev–Trinajstić information content (AvgIpc) is 3.24. The molecule has 1 aromatic heterocycles. The van der Waals surface area contributed by atoms with Crippen molar-refractivity contribution >= 4 is 17.7 Å². The van der Waals surface area contributed by atoms with Crippen LogP contribution in [0.1, 0.15) is 36.5 Å². The summed E-state index contributed by atoms with van der Waals surface area (Å²) >= 11 is 1.91. The van der Waals surface area contributed by atoms with Gasteiger partial charge in [0.2, 0.25) is 5.88 Å². The Hall–Kier alpha value is -1.27. The first-order valence-electron chi connectivity index (χ1n) is 8.49. The average molecular weight is 335 g/mol. The SMILES string of the molecule is CCN1CCCC1CNC(=O)c1ccc(OC2CCSC2)nc1. The van der Waals surface area contributed by atoms with Crippen LogP contribution >= 0.6 is 11.8 Å². The number of likely N-dealkylation sites (N-methyl/N-ethyl adjacent to an activating group) is 1. The van der Waals surface area contributed by atoms with Crippen molar-refractivity contribution in [1.29, 1.82) is 0 Å². The van der Waals surface area contributed by atoms with E-state index in [9.17, 15) is 4.79 Å². The van der Waals surface area contributed by atoms with Gasteiger partial charge in [0.25, 0.3) is 5.91 Å². The van der Waals surface area contributed by atoms with E-state index in [1.54, 1.807) is 18.3 Å². The van der Waals surface area contributed by atoms with Crippen molar-refractivity contribution in [2.75, 3.05) is 31.1 Å². The number of nitrogens with one attached hydrogen (secondary N) is 1. The van der Waals surface area contributed by atoms with E-state index < -0.39 is 0 Å². The lowest BCUT2D eigenvalue weighted by atomic mass is 10.2. The van der Waals surface area contributed by atoms with E-state index in [2.05, 4.69) is 22.1 Å². The van der Waals surface area contributed by atoms with Crippen LogP contribution in [0, 0.1) is 0 Å². The number of hydrogen-bond donors (Lipinski definition) is 1. The Labute approximate surface area is 142 Å². The van der Waals surface area contributed by atoms with Crippen molar-refractivity contribution < 1.29 is 9.53 Å². The van der Waals surface area contributed by atoms with Gasteiger partial charge in [-0.15, -0.1) is 0 Å². The minimum absolute atomic E-state index is 0.0524. The van der Waals surface area contributed by atoms with Gasteiger partial charge in [-0.05, 0) is 44.2 Å². The summed E-state index contributed by atoms with van der Waals surface area (Å²) in [6.45, 7) is 5.08. The number of nitrogens with zero attached hydrogens (tertiary/aromatic N) is 2. The maximum absolute atomic E-state index is 12.2. The first kappa shape index (κ1) is 16.6. The van der Waals surface area contributed by atoms with Crippen molar-refractivity contribution in [3.63, 3.8) is 0 Å². The molecule has 1 N–H and O–H groups in total. The van der Waals surface area contributed by atoms with Crippen LogP contribution in [0.15, 0.2) is 18.3 Å². The second kappa shape index (κ2) is 8.02. The van der Waals surface area contributed by atoms with Gasteiger partial charge in [-0.1, -0.05) is 6.92 Å². The monoisotopic (exact) mass is 335 g/mol. The molecule has 0 spiro atoms. The third kappa shape index (κ3) is 4.38. The lowest BCUT2D eigenvalue weighted by molar-refractivity contribution is 0.0941. The van der Waals surface area contributed by atoms with Crippen molar-refractivity contribution in [2.24, 2.45) is 0 Å². The maximum Gasteiger partial charge on any atom is 0.252 e. The molecular weight excluding hydrogens is 310 g/mol. The van der Waals surface area contributed by atoms with Gasteiger partial charge < -0.3 is 10.1 Å². The lowest BCUT2D eigenvalue weighted by Crippen LogP contribution is -2.40. The van der Waals surface area contributed by atoms with Crippen LogP contribution in [0.2, 0.25) is 0 Å². The van der Waals surface area contributed by atoms with Crippen LogP contribution in [-0.4, -0.2) is 59.1 Å². The molecule has 3 rings (SSSR count).